The molecule has 0 N–H and O–H groups in total. The predicted molar refractivity (Wildman–Crippen MR) is 44.1 cm³/mol. The molecule has 0 atom stereocenters. The van der Waals surface area contributed by atoms with Crippen LogP contribution in [0, 0.1) is 39.6 Å². The molecule has 0 aromatic heterocycles. The molecule has 10 heavy (non-hydrogen) atoms. The molecule has 0 amide bonds. The fourth-order valence-corrected chi connectivity index (χ4v) is 7.00. The predicted octanol–water partition coefficient (Wildman–Crippen LogP) is 2.63. The zero-order chi connectivity index (χ0) is 7.78. The van der Waals surface area contributed by atoms with E-state index in [1.807, 2.05) is 0 Å². The van der Waals surface area contributed by atoms with Gasteiger partial charge in [0.2, 0.25) is 0 Å². The Hall–Kier alpha value is 1.07. The number of rotatable bonds is 1. The van der Waals surface area contributed by atoms with Crippen LogP contribution < -0.4 is 0 Å². The Morgan fingerprint density at radius 1 is 1.40 bits per heavy atom. The van der Waals surface area contributed by atoms with E-state index in [0.717, 1.165) is 0 Å². The fourth-order valence-electron chi connectivity index (χ4n) is 1.21. The summed E-state index contributed by atoms with van der Waals surface area (Å²) in [6, 6.07) is 0. The fraction of sp³-hybridized carbons (Fsp3) is 0.500. The van der Waals surface area contributed by atoms with Gasteiger partial charge in [-0.25, -0.2) is 0 Å². The third kappa shape index (κ3) is 2.03. The van der Waals surface area contributed by atoms with Gasteiger partial charge < -0.3 is 0 Å². The molecule has 0 saturated carbocycles. The molecule has 2 heteroatoms. The topological polar surface area (TPSA) is 0 Å². The Balaban J connectivity index is 2.91. The van der Waals surface area contributed by atoms with Crippen molar-refractivity contribution < 1.29 is 39.6 Å². The molecule has 0 unspecified atom stereocenters. The van der Waals surface area contributed by atoms with E-state index in [-0.39, 0.29) is 0 Å². The summed E-state index contributed by atoms with van der Waals surface area (Å²) < 4.78 is 1.74. The Morgan fingerprint density at radius 2 is 2.00 bits per heavy atom. The van der Waals surface area contributed by atoms with Crippen LogP contribution in [0.1, 0.15) is 6.42 Å². The van der Waals surface area contributed by atoms with Crippen molar-refractivity contribution in [3.05, 3.63) is 18.4 Å². The van der Waals surface area contributed by atoms with Gasteiger partial charge in [-0.15, -0.1) is 0 Å². The Kier molecular flexibility index (Phi) is 2.94. The summed E-state index contributed by atoms with van der Waals surface area (Å²) in [7, 11) is -0.960. The Labute approximate surface area is 91.1 Å². The van der Waals surface area contributed by atoms with Crippen LogP contribution in [0.5, 0.6) is 0 Å². The van der Waals surface area contributed by atoms with Crippen molar-refractivity contribution in [2.24, 2.45) is 0 Å². The summed E-state index contributed by atoms with van der Waals surface area (Å²) in [5.41, 5.74) is 0. The first-order valence-corrected chi connectivity index (χ1v) is 8.70. The molecule has 1 rings (SSSR count). The third-order valence-corrected chi connectivity index (χ3v) is 6.10. The molecule has 53 valence electrons. The molecule has 0 bridgehead atoms. The minimum atomic E-state index is -0.960. The first-order valence-electron chi connectivity index (χ1n) is 3.63. The first-order chi connectivity index (χ1) is 4.52. The van der Waals surface area contributed by atoms with Gasteiger partial charge in [-0.3, -0.25) is 0 Å². The molecule has 1 aliphatic carbocycles. The van der Waals surface area contributed by atoms with Crippen molar-refractivity contribution in [3.8, 4) is 0 Å². The Bertz CT molecular complexity index is 196. The average molecular weight is 277 g/mol. The van der Waals surface area contributed by atoms with Gasteiger partial charge in [0.25, 0.3) is 0 Å². The summed E-state index contributed by atoms with van der Waals surface area (Å²) in [5, 5.41) is 1.72. The van der Waals surface area contributed by atoms with Crippen molar-refractivity contribution >= 4 is 8.07 Å². The summed E-state index contributed by atoms with van der Waals surface area (Å²) >= 11 is 1.27. The molecule has 0 nitrogen and oxygen atoms in total. The SMILES string of the molecule is C[Si](C)(C)C1=[C]([Ce])CC=C1. The van der Waals surface area contributed by atoms with E-state index in [1.165, 1.54) is 46.1 Å². The van der Waals surface area contributed by atoms with Gasteiger partial charge in [0.15, 0.2) is 0 Å². The monoisotopic (exact) mass is 277 g/mol. The van der Waals surface area contributed by atoms with E-state index in [2.05, 4.69) is 31.8 Å². The second kappa shape index (κ2) is 3.21. The number of hydrogen-bond acceptors (Lipinski definition) is 0. The molecular weight excluding hydrogens is 264 g/mol. The third-order valence-electron chi connectivity index (χ3n) is 1.74. The molecule has 0 radical (unpaired) electrons. The van der Waals surface area contributed by atoms with E-state index in [1.54, 1.807) is 6.29 Å². The quantitative estimate of drug-likeness (QED) is 0.646. The second-order valence-electron chi connectivity index (χ2n) is 3.75. The molecular formula is C8H13CeSi. The summed E-state index contributed by atoms with van der Waals surface area (Å²) in [5.74, 6) is 0. The van der Waals surface area contributed by atoms with Gasteiger partial charge in [0.1, 0.15) is 0 Å². The molecule has 0 aliphatic heterocycles. The maximum absolute atomic E-state index is 2.43. The van der Waals surface area contributed by atoms with E-state index >= 15 is 0 Å². The van der Waals surface area contributed by atoms with Gasteiger partial charge in [-0.05, 0) is 0 Å². The van der Waals surface area contributed by atoms with Gasteiger partial charge in [-0.2, -0.15) is 0 Å². The molecule has 0 heterocycles. The second-order valence-corrected chi connectivity index (χ2v) is 10.7. The number of hydrogen-bond donors (Lipinski definition) is 0. The standard InChI is InChI=1S/C8H13Si.Ce/c1-9(2,3)8-6-4-5-7-8;/h4,6H,5H2,1-3H3;. The van der Waals surface area contributed by atoms with Crippen LogP contribution in [-0.2, 0) is 0 Å². The first kappa shape index (κ1) is 9.16. The van der Waals surface area contributed by atoms with Crippen LogP contribution in [0.25, 0.3) is 0 Å². The van der Waals surface area contributed by atoms with Crippen molar-refractivity contribution in [1.82, 2.24) is 0 Å². The van der Waals surface area contributed by atoms with E-state index in [9.17, 15) is 0 Å². The molecule has 0 aromatic carbocycles. The number of allylic oxidation sites excluding steroid dienone is 4. The summed E-state index contributed by atoms with van der Waals surface area (Å²) in [6.45, 7) is 7.28. The molecule has 1 aliphatic rings. The van der Waals surface area contributed by atoms with Crippen LogP contribution in [0.2, 0.25) is 19.6 Å². The zero-order valence-electron chi connectivity index (χ0n) is 6.86. The van der Waals surface area contributed by atoms with Crippen molar-refractivity contribution in [1.29, 1.82) is 0 Å². The van der Waals surface area contributed by atoms with E-state index in [0.29, 0.717) is 0 Å². The van der Waals surface area contributed by atoms with Crippen molar-refractivity contribution in [2.45, 2.75) is 26.1 Å². The zero-order valence-corrected chi connectivity index (χ0v) is 11.0. The summed E-state index contributed by atoms with van der Waals surface area (Å²) in [6.07, 6.45) is 5.93. The van der Waals surface area contributed by atoms with Gasteiger partial charge in [0, 0.05) is 0 Å². The van der Waals surface area contributed by atoms with Gasteiger partial charge in [0.05, 0.1) is 0 Å². The maximum atomic E-state index is 2.43. The van der Waals surface area contributed by atoms with Crippen LogP contribution in [0.15, 0.2) is 18.4 Å². The van der Waals surface area contributed by atoms with Crippen LogP contribution in [0.4, 0.5) is 0 Å². The molecule has 0 saturated heterocycles. The summed E-state index contributed by atoms with van der Waals surface area (Å²) in [4.78, 5) is 0. The molecule has 0 spiro atoms. The van der Waals surface area contributed by atoms with Gasteiger partial charge in [-0.1, -0.05) is 0 Å². The Morgan fingerprint density at radius 3 is 2.20 bits per heavy atom. The van der Waals surface area contributed by atoms with Crippen LogP contribution >= 0.6 is 0 Å². The normalized spacial score (nSPS) is 18.6. The van der Waals surface area contributed by atoms with E-state index < -0.39 is 8.07 Å². The van der Waals surface area contributed by atoms with Crippen molar-refractivity contribution in [2.75, 3.05) is 0 Å². The van der Waals surface area contributed by atoms with Gasteiger partial charge >= 0.3 is 92.2 Å². The molecule has 0 fully saturated rings. The van der Waals surface area contributed by atoms with E-state index in [4.69, 9.17) is 0 Å². The van der Waals surface area contributed by atoms with Crippen LogP contribution in [-0.4, -0.2) is 8.07 Å². The van der Waals surface area contributed by atoms with Crippen molar-refractivity contribution in [3.63, 3.8) is 0 Å². The minimum absolute atomic E-state index is 0.960. The molecule has 0 aromatic rings. The van der Waals surface area contributed by atoms with Crippen LogP contribution in [0.3, 0.4) is 0 Å². The average Bonchev–Trinajstić information content (AvgIpc) is 2.11.